The summed E-state index contributed by atoms with van der Waals surface area (Å²) in [5, 5.41) is 3.49. The fraction of sp³-hybridized carbons (Fsp3) is 1.00. The molecule has 0 amide bonds. The second kappa shape index (κ2) is 6.01. The molecule has 0 radical (unpaired) electrons. The van der Waals surface area contributed by atoms with E-state index < -0.39 is 9.84 Å². The Labute approximate surface area is 99.9 Å². The topological polar surface area (TPSA) is 46.2 Å². The second-order valence-corrected chi connectivity index (χ2v) is 7.21. The lowest BCUT2D eigenvalue weighted by molar-refractivity contribution is 0.271. The van der Waals surface area contributed by atoms with Gasteiger partial charge in [0.25, 0.3) is 0 Å². The molecule has 0 saturated carbocycles. The smallest absolute Gasteiger partial charge is 0.150 e. The summed E-state index contributed by atoms with van der Waals surface area (Å²) in [6.07, 6.45) is 3.06. The summed E-state index contributed by atoms with van der Waals surface area (Å²) in [4.78, 5) is 0. The van der Waals surface area contributed by atoms with Crippen LogP contribution in [0, 0.1) is 11.8 Å². The van der Waals surface area contributed by atoms with Crippen LogP contribution in [0.5, 0.6) is 0 Å². The van der Waals surface area contributed by atoms with Gasteiger partial charge in [-0.1, -0.05) is 20.3 Å². The highest BCUT2D eigenvalue weighted by Crippen LogP contribution is 2.30. The summed E-state index contributed by atoms with van der Waals surface area (Å²) >= 11 is 0. The molecule has 3 atom stereocenters. The van der Waals surface area contributed by atoms with E-state index in [1.54, 1.807) is 0 Å². The van der Waals surface area contributed by atoms with Crippen LogP contribution in [-0.4, -0.2) is 32.5 Å². The molecule has 4 heteroatoms. The summed E-state index contributed by atoms with van der Waals surface area (Å²) in [5.74, 6) is 1.68. The molecule has 96 valence electrons. The fourth-order valence-electron chi connectivity index (χ4n) is 2.78. The number of hydrogen-bond acceptors (Lipinski definition) is 3. The minimum Gasteiger partial charge on any atom is -0.314 e. The third kappa shape index (κ3) is 3.74. The molecule has 0 aromatic rings. The fourth-order valence-corrected chi connectivity index (χ4v) is 4.67. The molecule has 1 rings (SSSR count). The van der Waals surface area contributed by atoms with Gasteiger partial charge in [0.15, 0.2) is 9.84 Å². The molecule has 1 aliphatic heterocycles. The third-order valence-corrected chi connectivity index (χ3v) is 5.50. The first-order chi connectivity index (χ1) is 7.50. The number of hydrogen-bond donors (Lipinski definition) is 1. The lowest BCUT2D eigenvalue weighted by Crippen LogP contribution is -2.38. The molecule has 1 saturated heterocycles. The average Bonchev–Trinajstić information content (AvgIpc) is 2.57. The molecule has 0 spiro atoms. The Morgan fingerprint density at radius 2 is 2.06 bits per heavy atom. The second-order valence-electron chi connectivity index (χ2n) is 4.98. The van der Waals surface area contributed by atoms with Crippen LogP contribution in [0.15, 0.2) is 0 Å². The molecular weight excluding hydrogens is 222 g/mol. The van der Waals surface area contributed by atoms with Crippen LogP contribution in [0.1, 0.15) is 40.0 Å². The molecule has 0 bridgehead atoms. The molecule has 1 fully saturated rings. The van der Waals surface area contributed by atoms with Crippen LogP contribution in [0.25, 0.3) is 0 Å². The standard InChI is InChI=1S/C12H25NO2S/c1-4-7-13-10(3)12(5-2)11-6-8-16(14,15)9-11/h10-13H,4-9H2,1-3H3. The molecule has 1 aliphatic rings. The molecule has 3 unspecified atom stereocenters. The van der Waals surface area contributed by atoms with Crippen molar-refractivity contribution in [3.05, 3.63) is 0 Å². The Morgan fingerprint density at radius 1 is 1.38 bits per heavy atom. The van der Waals surface area contributed by atoms with Gasteiger partial charge in [0, 0.05) is 6.04 Å². The van der Waals surface area contributed by atoms with Crippen molar-refractivity contribution >= 4 is 9.84 Å². The first-order valence-corrected chi connectivity index (χ1v) is 8.26. The van der Waals surface area contributed by atoms with Crippen LogP contribution in [0.3, 0.4) is 0 Å². The summed E-state index contributed by atoms with van der Waals surface area (Å²) in [7, 11) is -2.73. The van der Waals surface area contributed by atoms with E-state index in [4.69, 9.17) is 0 Å². The Morgan fingerprint density at radius 3 is 2.50 bits per heavy atom. The number of sulfone groups is 1. The van der Waals surface area contributed by atoms with E-state index in [0.29, 0.717) is 29.4 Å². The summed E-state index contributed by atoms with van der Waals surface area (Å²) in [6.45, 7) is 7.53. The van der Waals surface area contributed by atoms with Gasteiger partial charge >= 0.3 is 0 Å². The predicted octanol–water partition coefficient (Wildman–Crippen LogP) is 1.84. The zero-order valence-corrected chi connectivity index (χ0v) is 11.5. The van der Waals surface area contributed by atoms with Gasteiger partial charge in [-0.15, -0.1) is 0 Å². The highest BCUT2D eigenvalue weighted by atomic mass is 32.2. The zero-order valence-electron chi connectivity index (χ0n) is 10.7. The van der Waals surface area contributed by atoms with Crippen molar-refractivity contribution in [1.29, 1.82) is 0 Å². The van der Waals surface area contributed by atoms with Crippen LogP contribution in [0.2, 0.25) is 0 Å². The molecule has 0 aromatic heterocycles. The van der Waals surface area contributed by atoms with E-state index in [1.807, 2.05) is 0 Å². The van der Waals surface area contributed by atoms with Crippen LogP contribution < -0.4 is 5.32 Å². The van der Waals surface area contributed by atoms with Gasteiger partial charge < -0.3 is 5.32 Å². The van der Waals surface area contributed by atoms with Crippen molar-refractivity contribution in [2.45, 2.75) is 46.1 Å². The Kier molecular flexibility index (Phi) is 5.25. The summed E-state index contributed by atoms with van der Waals surface area (Å²) in [5.41, 5.74) is 0. The Hall–Kier alpha value is -0.0900. The molecule has 1 N–H and O–H groups in total. The van der Waals surface area contributed by atoms with E-state index >= 15 is 0 Å². The highest BCUT2D eigenvalue weighted by Gasteiger charge is 2.34. The van der Waals surface area contributed by atoms with E-state index in [9.17, 15) is 8.42 Å². The maximum Gasteiger partial charge on any atom is 0.150 e. The van der Waals surface area contributed by atoms with Gasteiger partial charge in [0.05, 0.1) is 11.5 Å². The van der Waals surface area contributed by atoms with Crippen LogP contribution in [0.4, 0.5) is 0 Å². The van der Waals surface area contributed by atoms with E-state index in [2.05, 4.69) is 26.1 Å². The van der Waals surface area contributed by atoms with Crippen LogP contribution >= 0.6 is 0 Å². The monoisotopic (exact) mass is 247 g/mol. The summed E-state index contributed by atoms with van der Waals surface area (Å²) < 4.78 is 23.0. The van der Waals surface area contributed by atoms with E-state index in [1.165, 1.54) is 0 Å². The van der Waals surface area contributed by atoms with Crippen LogP contribution in [-0.2, 0) is 9.84 Å². The molecule has 0 aromatic carbocycles. The molecular formula is C12H25NO2S. The van der Waals surface area contributed by atoms with Crippen molar-refractivity contribution in [1.82, 2.24) is 5.32 Å². The Bertz CT molecular complexity index is 300. The summed E-state index contributed by atoms with van der Waals surface area (Å²) in [6, 6.07) is 0.434. The van der Waals surface area contributed by atoms with Gasteiger partial charge in [0.2, 0.25) is 0 Å². The zero-order chi connectivity index (χ0) is 12.2. The van der Waals surface area contributed by atoms with Crippen molar-refractivity contribution in [3.8, 4) is 0 Å². The quantitative estimate of drug-likeness (QED) is 0.779. The van der Waals surface area contributed by atoms with Crippen molar-refractivity contribution in [2.24, 2.45) is 11.8 Å². The predicted molar refractivity (Wildman–Crippen MR) is 68.3 cm³/mol. The minimum absolute atomic E-state index is 0.370. The van der Waals surface area contributed by atoms with Crippen molar-refractivity contribution in [3.63, 3.8) is 0 Å². The normalized spacial score (nSPS) is 27.8. The molecule has 1 heterocycles. The molecule has 16 heavy (non-hydrogen) atoms. The molecule has 0 aliphatic carbocycles. The third-order valence-electron chi connectivity index (χ3n) is 3.70. The van der Waals surface area contributed by atoms with Gasteiger partial charge in [-0.05, 0) is 38.1 Å². The number of rotatable bonds is 6. The largest absolute Gasteiger partial charge is 0.314 e. The van der Waals surface area contributed by atoms with Gasteiger partial charge in [0.1, 0.15) is 0 Å². The maximum atomic E-state index is 11.5. The van der Waals surface area contributed by atoms with E-state index in [-0.39, 0.29) is 0 Å². The minimum atomic E-state index is -2.73. The Balaban J connectivity index is 2.54. The first kappa shape index (κ1) is 14.0. The highest BCUT2D eigenvalue weighted by molar-refractivity contribution is 7.91. The lowest BCUT2D eigenvalue weighted by atomic mass is 9.84. The maximum absolute atomic E-state index is 11.5. The van der Waals surface area contributed by atoms with Crippen molar-refractivity contribution in [2.75, 3.05) is 18.1 Å². The lowest BCUT2D eigenvalue weighted by Gasteiger charge is -2.28. The SMILES string of the molecule is CCCNC(C)C(CC)C1CCS(=O)(=O)C1. The average molecular weight is 247 g/mol. The van der Waals surface area contributed by atoms with E-state index in [0.717, 1.165) is 25.8 Å². The van der Waals surface area contributed by atoms with Gasteiger partial charge in [-0.3, -0.25) is 0 Å². The van der Waals surface area contributed by atoms with Gasteiger partial charge in [-0.2, -0.15) is 0 Å². The van der Waals surface area contributed by atoms with Crippen molar-refractivity contribution < 1.29 is 8.42 Å². The first-order valence-electron chi connectivity index (χ1n) is 6.44. The molecule has 3 nitrogen and oxygen atoms in total. The van der Waals surface area contributed by atoms with Gasteiger partial charge in [-0.25, -0.2) is 8.42 Å². The number of nitrogens with one attached hydrogen (secondary N) is 1.